The first-order valence-electron chi connectivity index (χ1n) is 15.2. The van der Waals surface area contributed by atoms with Crippen LogP contribution in [0, 0.1) is 0 Å². The van der Waals surface area contributed by atoms with Crippen LogP contribution in [0.4, 0.5) is 0 Å². The van der Waals surface area contributed by atoms with Crippen LogP contribution in [0.15, 0.2) is 103 Å². The van der Waals surface area contributed by atoms with Crippen molar-refractivity contribution in [3.63, 3.8) is 0 Å². The zero-order chi connectivity index (χ0) is 31.9. The Morgan fingerprint density at radius 2 is 1.44 bits per heavy atom. The van der Waals surface area contributed by atoms with Gasteiger partial charge in [0.05, 0.1) is 40.0 Å². The predicted octanol–water partition coefficient (Wildman–Crippen LogP) is 6.23. The second-order valence-corrected chi connectivity index (χ2v) is 16.5. The topological polar surface area (TPSA) is 72.5 Å². The molecule has 0 bridgehead atoms. The number of ether oxygens (including phenoxy) is 5. The molecule has 0 spiro atoms. The third-order valence-corrected chi connectivity index (χ3v) is 13.4. The van der Waals surface area contributed by atoms with Gasteiger partial charge in [-0.3, -0.25) is 4.79 Å². The van der Waals surface area contributed by atoms with Gasteiger partial charge >= 0.3 is 5.97 Å². The minimum atomic E-state index is -2.92. The van der Waals surface area contributed by atoms with Gasteiger partial charge in [0.1, 0.15) is 0 Å². The summed E-state index contributed by atoms with van der Waals surface area (Å²) in [5.74, 6) is 0.847. The average Bonchev–Trinajstić information content (AvgIpc) is 3.55. The highest BCUT2D eigenvalue weighted by atomic mass is 28.4. The Kier molecular flexibility index (Phi) is 10.3. The van der Waals surface area contributed by atoms with E-state index in [0.717, 1.165) is 11.1 Å². The smallest absolute Gasteiger partial charge is 0.306 e. The van der Waals surface area contributed by atoms with Crippen LogP contribution in [0.5, 0.6) is 17.2 Å². The van der Waals surface area contributed by atoms with Crippen molar-refractivity contribution in [3.05, 3.63) is 114 Å². The Morgan fingerprint density at radius 1 is 0.844 bits per heavy atom. The van der Waals surface area contributed by atoms with Crippen LogP contribution in [-0.2, 0) is 25.3 Å². The molecule has 0 radical (unpaired) electrons. The third-order valence-electron chi connectivity index (χ3n) is 8.36. The quantitative estimate of drug-likeness (QED) is 0.129. The van der Waals surface area contributed by atoms with Crippen molar-refractivity contribution in [1.29, 1.82) is 0 Å². The molecule has 1 heterocycles. The molecule has 8 heteroatoms. The first-order valence-corrected chi connectivity index (χ1v) is 17.1. The van der Waals surface area contributed by atoms with Gasteiger partial charge in [-0.05, 0) is 38.7 Å². The number of carbonyl (C=O) groups is 1. The van der Waals surface area contributed by atoms with E-state index in [1.807, 2.05) is 54.6 Å². The van der Waals surface area contributed by atoms with E-state index >= 15 is 0 Å². The van der Waals surface area contributed by atoms with Gasteiger partial charge in [0, 0.05) is 5.92 Å². The first kappa shape index (κ1) is 32.3. The van der Waals surface area contributed by atoms with Crippen LogP contribution >= 0.6 is 0 Å². The van der Waals surface area contributed by atoms with E-state index in [1.165, 1.54) is 17.5 Å². The number of rotatable bonds is 13. The lowest BCUT2D eigenvalue weighted by atomic mass is 9.89. The van der Waals surface area contributed by atoms with Crippen LogP contribution < -0.4 is 24.6 Å². The van der Waals surface area contributed by atoms with E-state index in [2.05, 4.69) is 69.3 Å². The van der Waals surface area contributed by atoms with E-state index in [-0.39, 0.29) is 30.8 Å². The van der Waals surface area contributed by atoms with Gasteiger partial charge in [-0.15, -0.1) is 0 Å². The fraction of sp³-hybridized carbons (Fsp3) is 0.324. The average molecular weight is 627 g/mol. The van der Waals surface area contributed by atoms with E-state index in [1.54, 1.807) is 7.11 Å². The molecule has 0 aromatic heterocycles. The highest BCUT2D eigenvalue weighted by Crippen LogP contribution is 2.45. The lowest BCUT2D eigenvalue weighted by Crippen LogP contribution is -2.67. The number of methoxy groups -OCH3 is 2. The van der Waals surface area contributed by atoms with Crippen LogP contribution in [0.3, 0.4) is 0 Å². The summed E-state index contributed by atoms with van der Waals surface area (Å²) in [6.45, 7) is 7.41. The van der Waals surface area contributed by atoms with Crippen molar-refractivity contribution in [3.8, 4) is 17.2 Å². The summed E-state index contributed by atoms with van der Waals surface area (Å²) in [5.41, 5.74) is 1.83. The second kappa shape index (κ2) is 14.3. The van der Waals surface area contributed by atoms with E-state index in [9.17, 15) is 4.79 Å². The Bertz CT molecular complexity index is 1500. The third kappa shape index (κ3) is 7.09. The zero-order valence-electron chi connectivity index (χ0n) is 26.7. The SMILES string of the molecule is COC(=O)C[C@H](c1cc(OC)c2c(c1)OCO2)[C@@H](CO[Si](c1ccccc1)(c1ccccc1)C(C)(C)C)OCc1ccccc1. The fourth-order valence-corrected chi connectivity index (χ4v) is 10.7. The maximum atomic E-state index is 13.0. The minimum Gasteiger partial charge on any atom is -0.493 e. The maximum absolute atomic E-state index is 13.0. The summed E-state index contributed by atoms with van der Waals surface area (Å²) >= 11 is 0. The number of fused-ring (bicyclic) bond motifs is 1. The fourth-order valence-electron chi connectivity index (χ4n) is 6.12. The Hall–Kier alpha value is -4.11. The number of benzene rings is 4. The van der Waals surface area contributed by atoms with Crippen LogP contribution in [0.25, 0.3) is 0 Å². The van der Waals surface area contributed by atoms with Gasteiger partial charge < -0.3 is 28.1 Å². The molecule has 0 saturated carbocycles. The molecule has 1 aliphatic rings. The van der Waals surface area contributed by atoms with Crippen molar-refractivity contribution >= 4 is 24.7 Å². The molecule has 0 fully saturated rings. The van der Waals surface area contributed by atoms with Crippen molar-refractivity contribution in [1.82, 2.24) is 0 Å². The largest absolute Gasteiger partial charge is 0.493 e. The molecule has 7 nitrogen and oxygen atoms in total. The molecule has 2 atom stereocenters. The highest BCUT2D eigenvalue weighted by Gasteiger charge is 2.51. The number of hydrogen-bond donors (Lipinski definition) is 0. The number of hydrogen-bond acceptors (Lipinski definition) is 7. The highest BCUT2D eigenvalue weighted by molar-refractivity contribution is 6.99. The van der Waals surface area contributed by atoms with Crippen molar-refractivity contribution < 1.29 is 32.9 Å². The summed E-state index contributed by atoms with van der Waals surface area (Å²) in [6.07, 6.45) is -0.459. The molecule has 0 N–H and O–H groups in total. The summed E-state index contributed by atoms with van der Waals surface area (Å²) in [7, 11) is 0.0747. The van der Waals surface area contributed by atoms with Gasteiger partial charge in [-0.25, -0.2) is 0 Å². The van der Waals surface area contributed by atoms with Crippen molar-refractivity contribution in [2.45, 2.75) is 50.9 Å². The molecule has 0 saturated heterocycles. The monoisotopic (exact) mass is 626 g/mol. The van der Waals surface area contributed by atoms with E-state index < -0.39 is 20.3 Å². The number of carbonyl (C=O) groups excluding carboxylic acids is 1. The van der Waals surface area contributed by atoms with E-state index in [4.69, 9.17) is 28.1 Å². The molecular formula is C37H42O7Si. The van der Waals surface area contributed by atoms with Gasteiger partial charge in [-0.2, -0.15) is 0 Å². The Balaban J connectivity index is 1.60. The standard InChI is InChI=1S/C37H42O7Si/c1-37(2,3)45(29-17-11-7-12-18-29,30-19-13-8-14-20-30)44-25-34(41-24-27-15-9-6-10-16-27)31(23-35(38)40-5)28-21-32(39-4)36-33(22-28)42-26-43-36/h6-22,31,34H,23-26H2,1-5H3/t31-,34-/m1/s1. The molecular weight excluding hydrogens is 584 g/mol. The molecule has 0 unspecified atom stereocenters. The summed E-state index contributed by atoms with van der Waals surface area (Å²) in [6, 6.07) is 34.8. The Morgan fingerprint density at radius 3 is 2.00 bits per heavy atom. The van der Waals surface area contributed by atoms with Gasteiger partial charge in [0.2, 0.25) is 12.5 Å². The lowest BCUT2D eigenvalue weighted by Gasteiger charge is -2.44. The molecule has 1 aliphatic heterocycles. The summed E-state index contributed by atoms with van der Waals surface area (Å²) in [5, 5.41) is 2.10. The molecule has 236 valence electrons. The molecule has 4 aromatic rings. The predicted molar refractivity (Wildman–Crippen MR) is 177 cm³/mol. The van der Waals surface area contributed by atoms with Gasteiger partial charge in [0.25, 0.3) is 8.32 Å². The summed E-state index contributed by atoms with van der Waals surface area (Å²) in [4.78, 5) is 13.0. The molecule has 0 aliphatic carbocycles. The van der Waals surface area contributed by atoms with Crippen LogP contribution in [0.1, 0.15) is 44.2 Å². The molecule has 0 amide bonds. The van der Waals surface area contributed by atoms with E-state index in [0.29, 0.717) is 23.9 Å². The van der Waals surface area contributed by atoms with Crippen molar-refractivity contribution in [2.24, 2.45) is 0 Å². The second-order valence-electron chi connectivity index (χ2n) is 12.2. The molecule has 45 heavy (non-hydrogen) atoms. The minimum absolute atomic E-state index is 0.0723. The summed E-state index contributed by atoms with van der Waals surface area (Å²) < 4.78 is 36.4. The van der Waals surface area contributed by atoms with Crippen LogP contribution in [0.2, 0.25) is 5.04 Å². The van der Waals surface area contributed by atoms with Gasteiger partial charge in [-0.1, -0.05) is 112 Å². The zero-order valence-corrected chi connectivity index (χ0v) is 27.7. The Labute approximate surface area is 267 Å². The normalized spacial score (nSPS) is 14.1. The molecule has 4 aromatic carbocycles. The van der Waals surface area contributed by atoms with Crippen LogP contribution in [-0.4, -0.2) is 48.0 Å². The van der Waals surface area contributed by atoms with Crippen molar-refractivity contribution in [2.75, 3.05) is 27.6 Å². The maximum Gasteiger partial charge on any atom is 0.306 e. The van der Waals surface area contributed by atoms with Gasteiger partial charge in [0.15, 0.2) is 11.5 Å². The number of esters is 1. The first-order chi connectivity index (χ1) is 21.8. The lowest BCUT2D eigenvalue weighted by molar-refractivity contribution is -0.142. The molecule has 5 rings (SSSR count).